The molecular formula is C18H15N3O6S. The van der Waals surface area contributed by atoms with E-state index in [9.17, 15) is 24.5 Å². The number of amides is 2. The number of aromatic nitrogens is 1. The number of benzene rings is 1. The molecule has 1 aromatic heterocycles. The number of nitrogens with zero attached hydrogens (tertiary/aromatic N) is 3. The van der Waals surface area contributed by atoms with E-state index in [4.69, 9.17) is 0 Å². The molecular weight excluding hydrogens is 386 g/mol. The number of nitro benzene ring substituents is 1. The van der Waals surface area contributed by atoms with Crippen LogP contribution in [0.3, 0.4) is 0 Å². The van der Waals surface area contributed by atoms with Gasteiger partial charge in [0.25, 0.3) is 16.8 Å². The minimum Gasteiger partial charge on any atom is -0.467 e. The van der Waals surface area contributed by atoms with Crippen LogP contribution < -0.4 is 0 Å². The highest BCUT2D eigenvalue weighted by molar-refractivity contribution is 8.18. The van der Waals surface area contributed by atoms with Gasteiger partial charge in [0.1, 0.15) is 6.04 Å². The highest BCUT2D eigenvalue weighted by Crippen LogP contribution is 2.34. The molecule has 0 bridgehead atoms. The Balaban J connectivity index is 1.90. The third-order valence-electron chi connectivity index (χ3n) is 4.15. The molecule has 2 amide bonds. The van der Waals surface area contributed by atoms with Crippen LogP contribution in [-0.2, 0) is 14.3 Å². The maximum Gasteiger partial charge on any atom is 0.328 e. The fraction of sp³-hybridized carbons (Fsp3) is 0.167. The van der Waals surface area contributed by atoms with Gasteiger partial charge in [-0.1, -0.05) is 0 Å². The lowest BCUT2D eigenvalue weighted by atomic mass is 10.2. The molecule has 0 unspecified atom stereocenters. The summed E-state index contributed by atoms with van der Waals surface area (Å²) in [7, 11) is 1.19. The van der Waals surface area contributed by atoms with Crippen LogP contribution in [0, 0.1) is 10.1 Å². The number of methoxy groups -OCH3 is 1. The van der Waals surface area contributed by atoms with Gasteiger partial charge in [0, 0.05) is 29.7 Å². The van der Waals surface area contributed by atoms with E-state index in [1.807, 2.05) is 0 Å². The van der Waals surface area contributed by atoms with Crippen molar-refractivity contribution in [3.8, 4) is 5.69 Å². The molecule has 0 aliphatic carbocycles. The molecule has 144 valence electrons. The van der Waals surface area contributed by atoms with E-state index < -0.39 is 28.1 Å². The molecule has 1 atom stereocenters. The van der Waals surface area contributed by atoms with Crippen LogP contribution in [0.2, 0.25) is 0 Å². The largest absolute Gasteiger partial charge is 0.467 e. The molecule has 2 aromatic rings. The first kappa shape index (κ1) is 19.4. The molecule has 1 fully saturated rings. The van der Waals surface area contributed by atoms with E-state index >= 15 is 0 Å². The number of rotatable bonds is 5. The standard InChI is InChI=1S/C18H15N3O6S/c1-11(17(23)27-2)20-16(22)15(28-18(20)24)10-14-4-3-9-19(14)12-5-7-13(8-6-12)21(25)26/h3-11H,1-2H3/b15-10+/t11-/m0/s1. The first-order chi connectivity index (χ1) is 13.3. The molecule has 2 heterocycles. The number of carbonyl (C=O) groups is 3. The Hall–Kier alpha value is -3.40. The average Bonchev–Trinajstić information content (AvgIpc) is 3.25. The number of non-ortho nitro benzene ring substituents is 1. The van der Waals surface area contributed by atoms with E-state index in [2.05, 4.69) is 4.74 Å². The molecule has 0 radical (unpaired) electrons. The van der Waals surface area contributed by atoms with Crippen molar-refractivity contribution in [2.75, 3.05) is 7.11 Å². The number of esters is 1. The fourth-order valence-corrected chi connectivity index (χ4v) is 3.60. The highest BCUT2D eigenvalue weighted by Gasteiger charge is 2.41. The molecule has 1 aliphatic rings. The molecule has 1 aliphatic heterocycles. The topological polar surface area (TPSA) is 112 Å². The Kier molecular flexibility index (Phi) is 5.32. The zero-order valence-corrected chi connectivity index (χ0v) is 15.7. The zero-order chi connectivity index (χ0) is 20.4. The maximum absolute atomic E-state index is 12.6. The molecule has 28 heavy (non-hydrogen) atoms. The highest BCUT2D eigenvalue weighted by atomic mass is 32.2. The van der Waals surface area contributed by atoms with E-state index in [1.54, 1.807) is 35.0 Å². The summed E-state index contributed by atoms with van der Waals surface area (Å²) in [4.78, 5) is 47.8. The van der Waals surface area contributed by atoms with Gasteiger partial charge in [-0.05, 0) is 49.0 Å². The van der Waals surface area contributed by atoms with Gasteiger partial charge in [0.15, 0.2) is 0 Å². The number of hydrogen-bond acceptors (Lipinski definition) is 7. The number of carbonyl (C=O) groups excluding carboxylic acids is 3. The van der Waals surface area contributed by atoms with Crippen molar-refractivity contribution < 1.29 is 24.0 Å². The van der Waals surface area contributed by atoms with Crippen LogP contribution in [-0.4, -0.2) is 44.7 Å². The number of ether oxygens (including phenoxy) is 1. The predicted molar refractivity (Wildman–Crippen MR) is 102 cm³/mol. The second kappa shape index (κ2) is 7.69. The predicted octanol–water partition coefficient (Wildman–Crippen LogP) is 2.98. The van der Waals surface area contributed by atoms with Crippen molar-refractivity contribution in [3.63, 3.8) is 0 Å². The molecule has 0 saturated carbocycles. The fourth-order valence-electron chi connectivity index (χ4n) is 2.71. The minimum atomic E-state index is -1.02. The van der Waals surface area contributed by atoms with Crippen LogP contribution in [0.25, 0.3) is 11.8 Å². The summed E-state index contributed by atoms with van der Waals surface area (Å²) in [5.41, 5.74) is 1.23. The number of hydrogen-bond donors (Lipinski definition) is 0. The summed E-state index contributed by atoms with van der Waals surface area (Å²) < 4.78 is 6.32. The zero-order valence-electron chi connectivity index (χ0n) is 14.9. The Labute approximate surface area is 163 Å². The number of imide groups is 1. The minimum absolute atomic E-state index is 0.0321. The summed E-state index contributed by atoms with van der Waals surface area (Å²) in [6.45, 7) is 1.42. The molecule has 1 aromatic carbocycles. The molecule has 0 spiro atoms. The van der Waals surface area contributed by atoms with Crippen LogP contribution in [0.4, 0.5) is 10.5 Å². The molecule has 1 saturated heterocycles. The van der Waals surface area contributed by atoms with Crippen molar-refractivity contribution in [1.82, 2.24) is 9.47 Å². The van der Waals surface area contributed by atoms with Crippen LogP contribution in [0.5, 0.6) is 0 Å². The van der Waals surface area contributed by atoms with Gasteiger partial charge in [-0.15, -0.1) is 0 Å². The SMILES string of the molecule is COC(=O)[C@H](C)N1C(=O)S/C(=C/c2cccn2-c2ccc([N+](=O)[O-])cc2)C1=O. The average molecular weight is 401 g/mol. The first-order valence-corrected chi connectivity index (χ1v) is 8.92. The summed E-state index contributed by atoms with van der Waals surface area (Å²) in [6, 6.07) is 8.38. The molecule has 9 nitrogen and oxygen atoms in total. The van der Waals surface area contributed by atoms with Gasteiger partial charge in [-0.3, -0.25) is 24.6 Å². The second-order valence-electron chi connectivity index (χ2n) is 5.83. The lowest BCUT2D eigenvalue weighted by molar-refractivity contribution is -0.384. The number of nitro groups is 1. The molecule has 0 N–H and O–H groups in total. The normalized spacial score (nSPS) is 16.5. The maximum atomic E-state index is 12.6. The van der Waals surface area contributed by atoms with Crippen molar-refractivity contribution >= 4 is 40.6 Å². The van der Waals surface area contributed by atoms with Crippen LogP contribution >= 0.6 is 11.8 Å². The number of thioether (sulfide) groups is 1. The third-order valence-corrected chi connectivity index (χ3v) is 5.03. The smallest absolute Gasteiger partial charge is 0.328 e. The van der Waals surface area contributed by atoms with Crippen LogP contribution in [0.15, 0.2) is 47.5 Å². The van der Waals surface area contributed by atoms with Crippen molar-refractivity contribution in [2.24, 2.45) is 0 Å². The van der Waals surface area contributed by atoms with Crippen molar-refractivity contribution in [2.45, 2.75) is 13.0 Å². The molecule has 3 rings (SSSR count). The van der Waals surface area contributed by atoms with E-state index in [1.165, 1.54) is 32.2 Å². The Morgan fingerprint density at radius 2 is 1.93 bits per heavy atom. The van der Waals surface area contributed by atoms with E-state index in [0.29, 0.717) is 11.4 Å². The lowest BCUT2D eigenvalue weighted by Crippen LogP contribution is -2.42. The summed E-state index contributed by atoms with van der Waals surface area (Å²) in [5.74, 6) is -1.26. The van der Waals surface area contributed by atoms with Gasteiger partial charge in [-0.2, -0.15) is 0 Å². The Bertz CT molecular complexity index is 995. The lowest BCUT2D eigenvalue weighted by Gasteiger charge is -2.18. The Morgan fingerprint density at radius 3 is 2.54 bits per heavy atom. The van der Waals surface area contributed by atoms with Crippen molar-refractivity contribution in [3.05, 3.63) is 63.3 Å². The van der Waals surface area contributed by atoms with Gasteiger partial charge in [-0.25, -0.2) is 4.79 Å². The second-order valence-corrected chi connectivity index (χ2v) is 6.82. The van der Waals surface area contributed by atoms with Gasteiger partial charge < -0.3 is 9.30 Å². The quantitative estimate of drug-likeness (QED) is 0.328. The van der Waals surface area contributed by atoms with Crippen LogP contribution in [0.1, 0.15) is 12.6 Å². The van der Waals surface area contributed by atoms with E-state index in [0.717, 1.165) is 16.7 Å². The van der Waals surface area contributed by atoms with Crippen molar-refractivity contribution in [1.29, 1.82) is 0 Å². The third kappa shape index (κ3) is 3.54. The monoisotopic (exact) mass is 401 g/mol. The first-order valence-electron chi connectivity index (χ1n) is 8.10. The summed E-state index contributed by atoms with van der Waals surface area (Å²) in [5, 5.41) is 10.2. The molecule has 10 heteroatoms. The van der Waals surface area contributed by atoms with Gasteiger partial charge in [0.05, 0.1) is 16.9 Å². The summed E-state index contributed by atoms with van der Waals surface area (Å²) in [6.07, 6.45) is 3.27. The van der Waals surface area contributed by atoms with Gasteiger partial charge >= 0.3 is 5.97 Å². The van der Waals surface area contributed by atoms with Gasteiger partial charge in [0.2, 0.25) is 0 Å². The summed E-state index contributed by atoms with van der Waals surface area (Å²) >= 11 is 0.735. The van der Waals surface area contributed by atoms with E-state index in [-0.39, 0.29) is 10.6 Å². The Morgan fingerprint density at radius 1 is 1.25 bits per heavy atom.